The molecule has 0 aliphatic carbocycles. The fourth-order valence-corrected chi connectivity index (χ4v) is 4.83. The van der Waals surface area contributed by atoms with Crippen LogP contribution in [-0.2, 0) is 13.0 Å². The van der Waals surface area contributed by atoms with Gasteiger partial charge in [0.15, 0.2) is 10.1 Å². The van der Waals surface area contributed by atoms with E-state index in [1.54, 1.807) is 12.1 Å². The Balaban J connectivity index is 1.39. The number of fused-ring (bicyclic) bond motifs is 1. The van der Waals surface area contributed by atoms with Gasteiger partial charge in [-0.2, -0.15) is 0 Å². The van der Waals surface area contributed by atoms with Crippen molar-refractivity contribution >= 4 is 45.9 Å². The average Bonchev–Trinajstić information content (AvgIpc) is 3.14. The Hall–Kier alpha value is -2.23. The first kappa shape index (κ1) is 19.1. The maximum absolute atomic E-state index is 12.6. The summed E-state index contributed by atoms with van der Waals surface area (Å²) in [4.78, 5) is 20.4. The molecule has 7 nitrogen and oxygen atoms in total. The highest BCUT2D eigenvalue weighted by Gasteiger charge is 2.25. The molecule has 1 aromatic heterocycles. The highest BCUT2D eigenvalue weighted by atomic mass is 32.1. The minimum absolute atomic E-state index is 0.223. The number of hydrogen-bond donors (Lipinski definition) is 4. The van der Waals surface area contributed by atoms with Gasteiger partial charge in [-0.05, 0) is 50.3 Å². The van der Waals surface area contributed by atoms with Crippen molar-refractivity contribution in [2.75, 3.05) is 30.7 Å². The van der Waals surface area contributed by atoms with E-state index < -0.39 is 0 Å². The molecule has 2 aromatic rings. The first-order valence-electron chi connectivity index (χ1n) is 9.51. The summed E-state index contributed by atoms with van der Waals surface area (Å²) in [5, 5.41) is 11.0. The van der Waals surface area contributed by atoms with Crippen LogP contribution in [0.4, 0.5) is 11.4 Å². The molecule has 28 heavy (non-hydrogen) atoms. The van der Waals surface area contributed by atoms with Crippen LogP contribution in [0.5, 0.6) is 0 Å². The number of nitrogen functional groups attached to an aromatic ring is 1. The van der Waals surface area contributed by atoms with E-state index in [1.165, 1.54) is 11.3 Å². The molecule has 0 saturated carbocycles. The summed E-state index contributed by atoms with van der Waals surface area (Å²) in [7, 11) is 0. The lowest BCUT2D eigenvalue weighted by molar-refractivity contribution is 0.102. The van der Waals surface area contributed by atoms with Gasteiger partial charge >= 0.3 is 0 Å². The number of carbonyl (C=O) groups excluding carboxylic acids is 1. The van der Waals surface area contributed by atoms with E-state index in [0.29, 0.717) is 29.0 Å². The van der Waals surface area contributed by atoms with Crippen molar-refractivity contribution in [2.24, 2.45) is 0 Å². The highest BCUT2D eigenvalue weighted by molar-refractivity contribution is 7.80. The van der Waals surface area contributed by atoms with Gasteiger partial charge in [-0.25, -0.2) is 4.98 Å². The van der Waals surface area contributed by atoms with Crippen molar-refractivity contribution in [3.8, 4) is 0 Å². The fraction of sp³-hybridized carbons (Fsp3) is 0.421. The topological polar surface area (TPSA) is 95.3 Å². The molecule has 0 radical (unpaired) electrons. The van der Waals surface area contributed by atoms with E-state index in [0.717, 1.165) is 54.6 Å². The maximum atomic E-state index is 12.6. The number of hydrogen-bond acceptors (Lipinski definition) is 6. The summed E-state index contributed by atoms with van der Waals surface area (Å²) in [6.07, 6.45) is 2.97. The zero-order valence-corrected chi connectivity index (χ0v) is 17.2. The van der Waals surface area contributed by atoms with Crippen molar-refractivity contribution in [3.63, 3.8) is 0 Å². The highest BCUT2D eigenvalue weighted by Crippen LogP contribution is 2.27. The molecule has 1 aromatic carbocycles. The monoisotopic (exact) mass is 416 g/mol. The zero-order valence-electron chi connectivity index (χ0n) is 15.5. The minimum Gasteiger partial charge on any atom is -0.397 e. The molecule has 9 heteroatoms. The normalized spacial score (nSPS) is 17.1. The van der Waals surface area contributed by atoms with E-state index in [1.807, 2.05) is 12.1 Å². The molecular formula is C19H24N6OS2. The van der Waals surface area contributed by atoms with Gasteiger partial charge in [0, 0.05) is 23.9 Å². The van der Waals surface area contributed by atoms with Crippen molar-refractivity contribution in [2.45, 2.75) is 31.8 Å². The third-order valence-corrected chi connectivity index (χ3v) is 6.55. The Morgan fingerprint density at radius 2 is 2.11 bits per heavy atom. The number of piperidine rings is 1. The first-order chi connectivity index (χ1) is 13.6. The smallest absolute Gasteiger partial charge is 0.284 e. The van der Waals surface area contributed by atoms with Crippen LogP contribution in [0.2, 0.25) is 0 Å². The molecule has 0 unspecified atom stereocenters. The molecular weight excluding hydrogens is 392 g/mol. The third kappa shape index (κ3) is 4.26. The number of carbonyl (C=O) groups is 1. The number of amides is 1. The van der Waals surface area contributed by atoms with Crippen LogP contribution < -0.4 is 21.7 Å². The number of thiocarbonyl (C=S) groups is 1. The SMILES string of the molecule is Nc1ccccc1NC(=O)c1nc2c(s1)CN(C(=S)NC1CCNCC1)CC2. The molecule has 148 valence electrons. The van der Waals surface area contributed by atoms with Crippen molar-refractivity contribution < 1.29 is 4.79 Å². The van der Waals surface area contributed by atoms with Gasteiger partial charge in [0.1, 0.15) is 0 Å². The molecule has 3 heterocycles. The zero-order chi connectivity index (χ0) is 19.5. The van der Waals surface area contributed by atoms with Crippen molar-refractivity contribution in [1.82, 2.24) is 20.5 Å². The number of anilines is 2. The van der Waals surface area contributed by atoms with Crippen LogP contribution >= 0.6 is 23.6 Å². The maximum Gasteiger partial charge on any atom is 0.284 e. The molecule has 0 bridgehead atoms. The molecule has 4 rings (SSSR count). The van der Waals surface area contributed by atoms with Gasteiger partial charge in [0.05, 0.1) is 23.6 Å². The summed E-state index contributed by atoms with van der Waals surface area (Å²) < 4.78 is 0. The lowest BCUT2D eigenvalue weighted by Crippen LogP contribution is -2.49. The molecule has 0 spiro atoms. The second-order valence-electron chi connectivity index (χ2n) is 7.08. The molecule has 0 atom stereocenters. The third-order valence-electron chi connectivity index (χ3n) is 5.09. The number of thiazole rings is 1. The number of nitrogens with one attached hydrogen (secondary N) is 3. The number of rotatable bonds is 3. The Labute approximate surface area is 173 Å². The molecule has 5 N–H and O–H groups in total. The van der Waals surface area contributed by atoms with Crippen LogP contribution in [0.15, 0.2) is 24.3 Å². The lowest BCUT2D eigenvalue weighted by atomic mass is 10.1. The van der Waals surface area contributed by atoms with Crippen molar-refractivity contribution in [3.05, 3.63) is 39.8 Å². The van der Waals surface area contributed by atoms with E-state index in [9.17, 15) is 4.79 Å². The summed E-state index contributed by atoms with van der Waals surface area (Å²) in [6, 6.07) is 7.66. The Bertz CT molecular complexity index is 877. The second-order valence-corrected chi connectivity index (χ2v) is 8.55. The Morgan fingerprint density at radius 3 is 2.89 bits per heavy atom. The largest absolute Gasteiger partial charge is 0.397 e. The van der Waals surface area contributed by atoms with Gasteiger partial charge in [-0.1, -0.05) is 12.1 Å². The van der Waals surface area contributed by atoms with Crippen LogP contribution in [0.1, 0.15) is 33.2 Å². The number of nitrogens with zero attached hydrogens (tertiary/aromatic N) is 2. The van der Waals surface area contributed by atoms with Crippen molar-refractivity contribution in [1.29, 1.82) is 0 Å². The van der Waals surface area contributed by atoms with E-state index >= 15 is 0 Å². The molecule has 2 aliphatic heterocycles. The molecule has 1 saturated heterocycles. The fourth-order valence-electron chi connectivity index (χ4n) is 3.48. The summed E-state index contributed by atoms with van der Waals surface area (Å²) >= 11 is 7.06. The molecule has 1 amide bonds. The number of nitrogens with two attached hydrogens (primary N) is 1. The standard InChI is InChI=1S/C19H24N6OS2/c20-13-3-1-2-4-14(13)23-17(26)18-24-15-7-10-25(11-16(15)28-18)19(27)22-12-5-8-21-9-6-12/h1-4,12,21H,5-11,20H2,(H,22,27)(H,23,26). The minimum atomic E-state index is -0.223. The predicted molar refractivity (Wildman–Crippen MR) is 117 cm³/mol. The average molecular weight is 417 g/mol. The Morgan fingerprint density at radius 1 is 1.32 bits per heavy atom. The Kier molecular flexibility index (Phi) is 5.74. The number of para-hydroxylation sites is 2. The number of aromatic nitrogens is 1. The van der Waals surface area contributed by atoms with E-state index in [-0.39, 0.29) is 5.91 Å². The van der Waals surface area contributed by atoms with Crippen LogP contribution in [0, 0.1) is 0 Å². The van der Waals surface area contributed by atoms with Gasteiger partial charge in [0.2, 0.25) is 0 Å². The first-order valence-corrected chi connectivity index (χ1v) is 10.7. The predicted octanol–water partition coefficient (Wildman–Crippen LogP) is 1.96. The van der Waals surface area contributed by atoms with Gasteiger partial charge in [-0.3, -0.25) is 4.79 Å². The molecule has 1 fully saturated rings. The summed E-state index contributed by atoms with van der Waals surface area (Å²) in [5.41, 5.74) is 8.05. The summed E-state index contributed by atoms with van der Waals surface area (Å²) in [5.74, 6) is -0.223. The lowest BCUT2D eigenvalue weighted by Gasteiger charge is -2.32. The number of benzene rings is 1. The van der Waals surface area contributed by atoms with E-state index in [4.69, 9.17) is 18.0 Å². The van der Waals surface area contributed by atoms with Crippen LogP contribution in [0.25, 0.3) is 0 Å². The second kappa shape index (κ2) is 8.42. The van der Waals surface area contributed by atoms with Gasteiger partial charge in [-0.15, -0.1) is 11.3 Å². The van der Waals surface area contributed by atoms with E-state index in [2.05, 4.69) is 25.8 Å². The van der Waals surface area contributed by atoms with Crippen LogP contribution in [-0.4, -0.2) is 46.6 Å². The van der Waals surface area contributed by atoms with Gasteiger partial charge < -0.3 is 26.6 Å². The van der Waals surface area contributed by atoms with Gasteiger partial charge in [0.25, 0.3) is 5.91 Å². The quantitative estimate of drug-likeness (QED) is 0.449. The molecule has 2 aliphatic rings. The van der Waals surface area contributed by atoms with Crippen LogP contribution in [0.3, 0.4) is 0 Å². The summed E-state index contributed by atoms with van der Waals surface area (Å²) in [6.45, 7) is 3.58.